The van der Waals surface area contributed by atoms with Crippen LogP contribution in [-0.2, 0) is 9.53 Å². The molecular formula is C14H18O6. The molecule has 0 aromatic heterocycles. The second-order valence-electron chi connectivity index (χ2n) is 3.99. The molecule has 0 aliphatic carbocycles. The molecule has 0 bridgehead atoms. The highest BCUT2D eigenvalue weighted by molar-refractivity contribution is 5.91. The molecule has 0 heterocycles. The lowest BCUT2D eigenvalue weighted by atomic mass is 10.2. The molecule has 20 heavy (non-hydrogen) atoms. The zero-order chi connectivity index (χ0) is 15.0. The minimum Gasteiger partial charge on any atom is -0.493 e. The molecule has 1 N–H and O–H groups in total. The van der Waals surface area contributed by atoms with Gasteiger partial charge in [-0.15, -0.1) is 0 Å². The maximum absolute atomic E-state index is 11.1. The van der Waals surface area contributed by atoms with Gasteiger partial charge >= 0.3 is 11.9 Å². The number of rotatable bonds is 8. The number of aromatic carboxylic acids is 1. The van der Waals surface area contributed by atoms with E-state index in [1.165, 1.54) is 19.2 Å². The maximum atomic E-state index is 11.1. The van der Waals surface area contributed by atoms with Gasteiger partial charge in [-0.05, 0) is 18.6 Å². The summed E-state index contributed by atoms with van der Waals surface area (Å²) < 4.78 is 15.2. The minimum atomic E-state index is -1.10. The molecule has 1 rings (SSSR count). The minimum absolute atomic E-state index is 0.0266. The van der Waals surface area contributed by atoms with E-state index in [2.05, 4.69) is 4.74 Å². The number of hydrogen-bond donors (Lipinski definition) is 1. The molecule has 0 unspecified atom stereocenters. The number of methoxy groups -OCH3 is 1. The van der Waals surface area contributed by atoms with E-state index in [1.807, 2.05) is 6.92 Å². The predicted molar refractivity (Wildman–Crippen MR) is 71.3 cm³/mol. The van der Waals surface area contributed by atoms with Gasteiger partial charge in [0.15, 0.2) is 0 Å². The van der Waals surface area contributed by atoms with Gasteiger partial charge in [-0.3, -0.25) is 4.79 Å². The van der Waals surface area contributed by atoms with E-state index in [0.717, 1.165) is 6.42 Å². The van der Waals surface area contributed by atoms with Crippen LogP contribution in [-0.4, -0.2) is 37.4 Å². The Labute approximate surface area is 117 Å². The fraction of sp³-hybridized carbons (Fsp3) is 0.429. The van der Waals surface area contributed by atoms with Gasteiger partial charge in [-0.1, -0.05) is 6.92 Å². The third-order valence-electron chi connectivity index (χ3n) is 2.45. The van der Waals surface area contributed by atoms with Gasteiger partial charge in [-0.2, -0.15) is 0 Å². The lowest BCUT2D eigenvalue weighted by Gasteiger charge is -2.11. The average molecular weight is 282 g/mol. The summed E-state index contributed by atoms with van der Waals surface area (Å²) in [6.45, 7) is 2.55. The van der Waals surface area contributed by atoms with Crippen LogP contribution in [0.4, 0.5) is 0 Å². The summed E-state index contributed by atoms with van der Waals surface area (Å²) in [4.78, 5) is 22.1. The molecule has 0 aliphatic rings. The van der Waals surface area contributed by atoms with E-state index in [4.69, 9.17) is 14.6 Å². The molecule has 0 saturated heterocycles. The summed E-state index contributed by atoms with van der Waals surface area (Å²) in [5.74, 6) is -0.805. The van der Waals surface area contributed by atoms with E-state index in [0.29, 0.717) is 12.4 Å². The van der Waals surface area contributed by atoms with E-state index >= 15 is 0 Å². The smallest absolute Gasteiger partial charge is 0.339 e. The highest BCUT2D eigenvalue weighted by Gasteiger charge is 2.13. The van der Waals surface area contributed by atoms with Crippen molar-refractivity contribution in [2.24, 2.45) is 0 Å². The molecule has 110 valence electrons. The number of ether oxygens (including phenoxy) is 3. The Bertz CT molecular complexity index is 469. The third-order valence-corrected chi connectivity index (χ3v) is 2.45. The van der Waals surface area contributed by atoms with Crippen molar-refractivity contribution >= 4 is 11.9 Å². The van der Waals surface area contributed by atoms with Crippen LogP contribution in [0.25, 0.3) is 0 Å². The Kier molecular flexibility index (Phi) is 6.36. The third kappa shape index (κ3) is 4.79. The van der Waals surface area contributed by atoms with Crippen LogP contribution in [0.5, 0.6) is 11.5 Å². The number of carbonyl (C=O) groups is 2. The van der Waals surface area contributed by atoms with Gasteiger partial charge < -0.3 is 19.3 Å². The molecule has 1 aromatic carbocycles. The monoisotopic (exact) mass is 282 g/mol. The molecule has 0 aliphatic heterocycles. The van der Waals surface area contributed by atoms with Crippen molar-refractivity contribution in [3.63, 3.8) is 0 Å². The molecule has 6 heteroatoms. The summed E-state index contributed by atoms with van der Waals surface area (Å²) >= 11 is 0. The topological polar surface area (TPSA) is 82.1 Å². The summed E-state index contributed by atoms with van der Waals surface area (Å²) in [6, 6.07) is 4.50. The second kappa shape index (κ2) is 8.04. The van der Waals surface area contributed by atoms with Crippen LogP contribution in [0.2, 0.25) is 0 Å². The highest BCUT2D eigenvalue weighted by Crippen LogP contribution is 2.25. The zero-order valence-electron chi connectivity index (χ0n) is 11.5. The largest absolute Gasteiger partial charge is 0.493 e. The van der Waals surface area contributed by atoms with E-state index in [1.54, 1.807) is 6.07 Å². The predicted octanol–water partition coefficient (Wildman–Crippen LogP) is 2.12. The first kappa shape index (κ1) is 15.8. The summed E-state index contributed by atoms with van der Waals surface area (Å²) in [5, 5.41) is 9.07. The van der Waals surface area contributed by atoms with Crippen LogP contribution in [0.3, 0.4) is 0 Å². The van der Waals surface area contributed by atoms with Crippen LogP contribution < -0.4 is 9.47 Å². The number of carbonyl (C=O) groups excluding carboxylic acids is 1. The van der Waals surface area contributed by atoms with Crippen molar-refractivity contribution in [3.05, 3.63) is 23.8 Å². The quantitative estimate of drug-likeness (QED) is 0.735. The molecule has 6 nitrogen and oxygen atoms in total. The number of carboxylic acids is 1. The Morgan fingerprint density at radius 1 is 1.20 bits per heavy atom. The van der Waals surface area contributed by atoms with E-state index in [-0.39, 0.29) is 24.3 Å². The Hall–Kier alpha value is -2.24. The normalized spacial score (nSPS) is 9.90. The Morgan fingerprint density at radius 2 is 1.95 bits per heavy atom. The first-order chi connectivity index (χ1) is 9.58. The van der Waals surface area contributed by atoms with Crippen molar-refractivity contribution in [3.8, 4) is 11.5 Å². The van der Waals surface area contributed by atoms with Gasteiger partial charge in [-0.25, -0.2) is 4.79 Å². The van der Waals surface area contributed by atoms with Gasteiger partial charge in [0.05, 0.1) is 26.7 Å². The average Bonchev–Trinajstić information content (AvgIpc) is 2.44. The zero-order valence-corrected chi connectivity index (χ0v) is 11.5. The van der Waals surface area contributed by atoms with Crippen molar-refractivity contribution in [2.45, 2.75) is 19.8 Å². The molecule has 0 saturated carbocycles. The number of carboxylic acid groups (broad SMARTS) is 1. The maximum Gasteiger partial charge on any atom is 0.339 e. The molecule has 0 radical (unpaired) electrons. The Morgan fingerprint density at radius 3 is 2.55 bits per heavy atom. The Balaban J connectivity index is 2.77. The number of hydrogen-bond acceptors (Lipinski definition) is 5. The molecule has 1 aromatic rings. The second-order valence-corrected chi connectivity index (χ2v) is 3.99. The number of benzene rings is 1. The summed E-state index contributed by atoms with van der Waals surface area (Å²) in [6.07, 6.45) is 0.898. The highest BCUT2D eigenvalue weighted by atomic mass is 16.5. The van der Waals surface area contributed by atoms with Crippen LogP contribution in [0.1, 0.15) is 30.1 Å². The van der Waals surface area contributed by atoms with Crippen molar-refractivity contribution < 1.29 is 28.9 Å². The fourth-order valence-corrected chi connectivity index (χ4v) is 1.45. The first-order valence-corrected chi connectivity index (χ1v) is 6.28. The van der Waals surface area contributed by atoms with Crippen LogP contribution in [0, 0.1) is 0 Å². The first-order valence-electron chi connectivity index (χ1n) is 6.28. The van der Waals surface area contributed by atoms with Crippen molar-refractivity contribution in [2.75, 3.05) is 20.3 Å². The summed E-state index contributed by atoms with van der Waals surface area (Å²) in [5.41, 5.74) is 0.0266. The summed E-state index contributed by atoms with van der Waals surface area (Å²) in [7, 11) is 1.28. The van der Waals surface area contributed by atoms with Crippen molar-refractivity contribution in [1.82, 2.24) is 0 Å². The molecule has 0 fully saturated rings. The van der Waals surface area contributed by atoms with Crippen LogP contribution >= 0.6 is 0 Å². The molecular weight excluding hydrogens is 264 g/mol. The molecule has 0 spiro atoms. The number of esters is 1. The lowest BCUT2D eigenvalue weighted by molar-refractivity contribution is -0.141. The van der Waals surface area contributed by atoms with Gasteiger partial charge in [0.2, 0.25) is 0 Å². The SMILES string of the molecule is CCCOc1ccc(C(=O)O)c(OCCC(=O)OC)c1. The fourth-order valence-electron chi connectivity index (χ4n) is 1.45. The molecule has 0 amide bonds. The van der Waals surface area contributed by atoms with Crippen molar-refractivity contribution in [1.29, 1.82) is 0 Å². The molecule has 0 atom stereocenters. The van der Waals surface area contributed by atoms with Gasteiger partial charge in [0.1, 0.15) is 17.1 Å². The lowest BCUT2D eigenvalue weighted by Crippen LogP contribution is -2.10. The standard InChI is InChI=1S/C14H18O6/c1-3-7-19-10-4-5-11(14(16)17)12(9-10)20-8-6-13(15)18-2/h4-5,9H,3,6-8H2,1-2H3,(H,16,17). The van der Waals surface area contributed by atoms with Gasteiger partial charge in [0.25, 0.3) is 0 Å². The van der Waals surface area contributed by atoms with E-state index in [9.17, 15) is 9.59 Å². The van der Waals surface area contributed by atoms with Crippen LogP contribution in [0.15, 0.2) is 18.2 Å². The van der Waals surface area contributed by atoms with Gasteiger partial charge in [0, 0.05) is 6.07 Å². The van der Waals surface area contributed by atoms with E-state index < -0.39 is 11.9 Å².